The molecule has 0 saturated carbocycles. The van der Waals surface area contributed by atoms with E-state index >= 15 is 0 Å². The monoisotopic (exact) mass is 246 g/mol. The van der Waals surface area contributed by atoms with E-state index in [2.05, 4.69) is 10.3 Å². The molecule has 94 valence electrons. The highest BCUT2D eigenvalue weighted by atomic mass is 16.6. The van der Waals surface area contributed by atoms with Gasteiger partial charge in [0.15, 0.2) is 0 Å². The smallest absolute Gasteiger partial charge is 0.269 e. The molecule has 0 amide bonds. The second-order valence-electron chi connectivity index (χ2n) is 4.11. The van der Waals surface area contributed by atoms with Gasteiger partial charge in [0, 0.05) is 31.1 Å². The average Bonchev–Trinajstić information content (AvgIpc) is 2.73. The molecule has 0 spiro atoms. The average molecular weight is 246 g/mol. The van der Waals surface area contributed by atoms with Gasteiger partial charge in [-0.05, 0) is 18.6 Å². The molecule has 0 radical (unpaired) electrons. The minimum Gasteiger partial charge on any atom is -0.379 e. The fourth-order valence-corrected chi connectivity index (χ4v) is 1.70. The zero-order chi connectivity index (χ0) is 13.1. The summed E-state index contributed by atoms with van der Waals surface area (Å²) in [5.41, 5.74) is 2.90. The van der Waals surface area contributed by atoms with Crippen molar-refractivity contribution in [2.24, 2.45) is 7.05 Å². The minimum atomic E-state index is -0.391. The third kappa shape index (κ3) is 2.48. The Kier molecular flexibility index (Phi) is 3.27. The third-order valence-corrected chi connectivity index (χ3v) is 2.80. The molecule has 1 N–H and O–H groups in total. The van der Waals surface area contributed by atoms with Crippen LogP contribution in [-0.4, -0.2) is 14.5 Å². The van der Waals surface area contributed by atoms with E-state index in [1.165, 1.54) is 6.07 Å². The first-order chi connectivity index (χ1) is 8.58. The zero-order valence-electron chi connectivity index (χ0n) is 10.3. The summed E-state index contributed by atoms with van der Waals surface area (Å²) in [6, 6.07) is 4.79. The molecule has 0 aliphatic carbocycles. The Balaban J connectivity index is 2.11. The summed E-state index contributed by atoms with van der Waals surface area (Å²) in [5.74, 6) is 0. The van der Waals surface area contributed by atoms with Crippen molar-refractivity contribution in [3.05, 3.63) is 52.1 Å². The Morgan fingerprint density at radius 3 is 2.83 bits per heavy atom. The quantitative estimate of drug-likeness (QED) is 0.663. The number of anilines is 1. The van der Waals surface area contributed by atoms with Crippen LogP contribution in [0.5, 0.6) is 0 Å². The summed E-state index contributed by atoms with van der Waals surface area (Å²) in [6.07, 6.45) is 3.52. The Morgan fingerprint density at radius 1 is 1.50 bits per heavy atom. The summed E-state index contributed by atoms with van der Waals surface area (Å²) in [6.45, 7) is 2.48. The van der Waals surface area contributed by atoms with Crippen molar-refractivity contribution in [2.45, 2.75) is 13.5 Å². The number of rotatable bonds is 4. The summed E-state index contributed by atoms with van der Waals surface area (Å²) in [7, 11) is 1.92. The number of hydrogen-bond acceptors (Lipinski definition) is 4. The molecule has 0 saturated heterocycles. The number of nitro benzene ring substituents is 1. The van der Waals surface area contributed by atoms with Crippen molar-refractivity contribution in [1.82, 2.24) is 9.55 Å². The SMILES string of the molecule is Cc1cc([N+](=O)[O-])ccc1NCc1cncn1C. The van der Waals surface area contributed by atoms with Crippen LogP contribution < -0.4 is 5.32 Å². The van der Waals surface area contributed by atoms with Gasteiger partial charge in [-0.1, -0.05) is 0 Å². The maximum absolute atomic E-state index is 10.6. The lowest BCUT2D eigenvalue weighted by molar-refractivity contribution is -0.384. The van der Waals surface area contributed by atoms with Crippen LogP contribution in [0.15, 0.2) is 30.7 Å². The predicted octanol–water partition coefficient (Wildman–Crippen LogP) is 2.25. The summed E-state index contributed by atoms with van der Waals surface area (Å²) >= 11 is 0. The highest BCUT2D eigenvalue weighted by molar-refractivity contribution is 5.55. The number of nitrogens with zero attached hydrogens (tertiary/aromatic N) is 3. The number of benzene rings is 1. The van der Waals surface area contributed by atoms with Crippen molar-refractivity contribution in [2.75, 3.05) is 5.32 Å². The lowest BCUT2D eigenvalue weighted by atomic mass is 10.2. The highest BCUT2D eigenvalue weighted by Gasteiger charge is 2.08. The highest BCUT2D eigenvalue weighted by Crippen LogP contribution is 2.21. The van der Waals surface area contributed by atoms with E-state index in [1.807, 2.05) is 18.5 Å². The molecular formula is C12H14N4O2. The normalized spacial score (nSPS) is 10.3. The lowest BCUT2D eigenvalue weighted by Crippen LogP contribution is -2.05. The fourth-order valence-electron chi connectivity index (χ4n) is 1.70. The first kappa shape index (κ1) is 12.1. The van der Waals surface area contributed by atoms with Gasteiger partial charge in [-0.25, -0.2) is 4.98 Å². The van der Waals surface area contributed by atoms with Crippen molar-refractivity contribution in [1.29, 1.82) is 0 Å². The van der Waals surface area contributed by atoms with Crippen LogP contribution in [0.4, 0.5) is 11.4 Å². The molecular weight excluding hydrogens is 232 g/mol. The van der Waals surface area contributed by atoms with E-state index in [0.29, 0.717) is 6.54 Å². The molecule has 1 aromatic heterocycles. The third-order valence-electron chi connectivity index (χ3n) is 2.80. The second-order valence-corrected chi connectivity index (χ2v) is 4.11. The largest absolute Gasteiger partial charge is 0.379 e. The minimum absolute atomic E-state index is 0.110. The van der Waals surface area contributed by atoms with Gasteiger partial charge >= 0.3 is 0 Å². The van der Waals surface area contributed by atoms with Crippen LogP contribution >= 0.6 is 0 Å². The van der Waals surface area contributed by atoms with Gasteiger partial charge in [-0.15, -0.1) is 0 Å². The van der Waals surface area contributed by atoms with Crippen LogP contribution in [0.25, 0.3) is 0 Å². The lowest BCUT2D eigenvalue weighted by Gasteiger charge is -2.09. The number of imidazole rings is 1. The van der Waals surface area contributed by atoms with Crippen LogP contribution in [0, 0.1) is 17.0 Å². The molecule has 0 aliphatic rings. The molecule has 2 rings (SSSR count). The van der Waals surface area contributed by atoms with Gasteiger partial charge in [0.2, 0.25) is 0 Å². The van der Waals surface area contributed by atoms with Crippen LogP contribution in [-0.2, 0) is 13.6 Å². The van der Waals surface area contributed by atoms with E-state index < -0.39 is 4.92 Å². The molecule has 2 aromatic rings. The Morgan fingerprint density at radius 2 is 2.28 bits per heavy atom. The maximum atomic E-state index is 10.6. The van der Waals surface area contributed by atoms with E-state index in [9.17, 15) is 10.1 Å². The molecule has 1 aromatic carbocycles. The number of aromatic nitrogens is 2. The molecule has 1 heterocycles. The van der Waals surface area contributed by atoms with Crippen LogP contribution in [0.3, 0.4) is 0 Å². The van der Waals surface area contributed by atoms with Crippen molar-refractivity contribution in [3.63, 3.8) is 0 Å². The Bertz CT molecular complexity index is 577. The second kappa shape index (κ2) is 4.87. The van der Waals surface area contributed by atoms with Gasteiger partial charge in [-0.2, -0.15) is 0 Å². The molecule has 6 heteroatoms. The molecule has 0 aliphatic heterocycles. The standard InChI is InChI=1S/C12H14N4O2/c1-9-5-10(16(17)18)3-4-12(9)14-7-11-6-13-8-15(11)2/h3-6,8,14H,7H2,1-2H3. The van der Waals surface area contributed by atoms with Gasteiger partial charge < -0.3 is 9.88 Å². The number of aryl methyl sites for hydroxylation is 2. The van der Waals surface area contributed by atoms with E-state index in [1.54, 1.807) is 24.7 Å². The Hall–Kier alpha value is -2.37. The summed E-state index contributed by atoms with van der Waals surface area (Å²) in [4.78, 5) is 14.3. The summed E-state index contributed by atoms with van der Waals surface area (Å²) < 4.78 is 1.92. The fraction of sp³-hybridized carbons (Fsp3) is 0.250. The van der Waals surface area contributed by atoms with Crippen molar-refractivity contribution in [3.8, 4) is 0 Å². The van der Waals surface area contributed by atoms with Gasteiger partial charge in [0.25, 0.3) is 5.69 Å². The number of nitrogens with one attached hydrogen (secondary N) is 1. The summed E-state index contributed by atoms with van der Waals surface area (Å²) in [5, 5.41) is 13.9. The van der Waals surface area contributed by atoms with E-state index in [-0.39, 0.29) is 5.69 Å². The molecule has 0 atom stereocenters. The Labute approximate surface area is 104 Å². The first-order valence-corrected chi connectivity index (χ1v) is 5.52. The number of nitro groups is 1. The van der Waals surface area contributed by atoms with Crippen LogP contribution in [0.2, 0.25) is 0 Å². The van der Waals surface area contributed by atoms with E-state index in [4.69, 9.17) is 0 Å². The first-order valence-electron chi connectivity index (χ1n) is 5.52. The van der Waals surface area contributed by atoms with Gasteiger partial charge in [0.05, 0.1) is 23.5 Å². The molecule has 0 bridgehead atoms. The van der Waals surface area contributed by atoms with Gasteiger partial charge in [-0.3, -0.25) is 10.1 Å². The van der Waals surface area contributed by atoms with Crippen LogP contribution in [0.1, 0.15) is 11.3 Å². The molecule has 0 unspecified atom stereocenters. The number of non-ortho nitro benzene ring substituents is 1. The van der Waals surface area contributed by atoms with E-state index in [0.717, 1.165) is 16.9 Å². The topological polar surface area (TPSA) is 73.0 Å². The number of hydrogen-bond donors (Lipinski definition) is 1. The maximum Gasteiger partial charge on any atom is 0.269 e. The predicted molar refractivity (Wildman–Crippen MR) is 68.4 cm³/mol. The van der Waals surface area contributed by atoms with Gasteiger partial charge in [0.1, 0.15) is 0 Å². The molecule has 0 fully saturated rings. The molecule has 18 heavy (non-hydrogen) atoms. The van der Waals surface area contributed by atoms with Crippen molar-refractivity contribution < 1.29 is 4.92 Å². The molecule has 6 nitrogen and oxygen atoms in total. The zero-order valence-corrected chi connectivity index (χ0v) is 10.3. The van der Waals surface area contributed by atoms with Crippen molar-refractivity contribution >= 4 is 11.4 Å².